The van der Waals surface area contributed by atoms with Crippen molar-refractivity contribution >= 4 is 23.0 Å². The van der Waals surface area contributed by atoms with Crippen LogP contribution in [0, 0.1) is 12.3 Å². The van der Waals surface area contributed by atoms with E-state index in [0.717, 1.165) is 23.6 Å². The van der Waals surface area contributed by atoms with Crippen molar-refractivity contribution < 1.29 is 0 Å². The highest BCUT2D eigenvalue weighted by molar-refractivity contribution is 7.09. The molecule has 0 fully saturated rings. The fourth-order valence-electron chi connectivity index (χ4n) is 2.05. The third-order valence-corrected chi connectivity index (χ3v) is 3.94. The van der Waals surface area contributed by atoms with Crippen molar-refractivity contribution in [2.45, 2.75) is 33.4 Å². The summed E-state index contributed by atoms with van der Waals surface area (Å²) >= 11 is 1.74. The molecular weight excluding hydrogens is 268 g/mol. The van der Waals surface area contributed by atoms with Crippen molar-refractivity contribution in [3.63, 3.8) is 0 Å². The maximum absolute atomic E-state index is 7.61. The number of hydrogen-bond acceptors (Lipinski definition) is 4. The van der Waals surface area contributed by atoms with Crippen LogP contribution in [0.2, 0.25) is 0 Å². The summed E-state index contributed by atoms with van der Waals surface area (Å²) in [6.07, 6.45) is 0. The summed E-state index contributed by atoms with van der Waals surface area (Å²) in [5.74, 6) is 0.954. The molecule has 0 aliphatic carbocycles. The van der Waals surface area contributed by atoms with Crippen LogP contribution in [-0.2, 0) is 6.54 Å². The van der Waals surface area contributed by atoms with Crippen molar-refractivity contribution in [2.75, 3.05) is 4.90 Å². The summed E-state index contributed by atoms with van der Waals surface area (Å²) in [5.41, 5.74) is 7.21. The van der Waals surface area contributed by atoms with Crippen LogP contribution in [0.5, 0.6) is 0 Å². The van der Waals surface area contributed by atoms with Crippen molar-refractivity contribution in [1.82, 2.24) is 4.98 Å². The van der Waals surface area contributed by atoms with Crippen LogP contribution in [0.3, 0.4) is 0 Å². The molecular formula is C15H20N4S. The lowest BCUT2D eigenvalue weighted by molar-refractivity contribution is 0.676. The van der Waals surface area contributed by atoms with Gasteiger partial charge >= 0.3 is 0 Å². The second kappa shape index (κ2) is 6.05. The van der Waals surface area contributed by atoms with Crippen LogP contribution in [-0.4, -0.2) is 16.9 Å². The van der Waals surface area contributed by atoms with E-state index in [9.17, 15) is 0 Å². The van der Waals surface area contributed by atoms with E-state index in [1.165, 1.54) is 4.88 Å². The number of anilines is 1. The second-order valence-electron chi connectivity index (χ2n) is 5.07. The van der Waals surface area contributed by atoms with Gasteiger partial charge in [0.15, 0.2) is 0 Å². The monoisotopic (exact) mass is 288 g/mol. The summed E-state index contributed by atoms with van der Waals surface area (Å²) in [6, 6.07) is 8.25. The molecule has 0 saturated heterocycles. The highest BCUT2D eigenvalue weighted by Gasteiger charge is 2.15. The number of nitrogens with one attached hydrogen (secondary N) is 1. The van der Waals surface area contributed by atoms with Gasteiger partial charge in [-0.3, -0.25) is 5.41 Å². The molecule has 0 saturated carbocycles. The van der Waals surface area contributed by atoms with Gasteiger partial charge in [-0.25, -0.2) is 4.98 Å². The minimum absolute atomic E-state index is 0.0802. The van der Waals surface area contributed by atoms with E-state index < -0.39 is 0 Å². The summed E-state index contributed by atoms with van der Waals surface area (Å²) in [7, 11) is 0. The molecule has 20 heavy (non-hydrogen) atoms. The van der Waals surface area contributed by atoms with Crippen molar-refractivity contribution in [3.8, 4) is 0 Å². The normalized spacial score (nSPS) is 10.8. The molecule has 5 heteroatoms. The van der Waals surface area contributed by atoms with Crippen LogP contribution in [0.4, 0.5) is 5.82 Å². The molecule has 0 aliphatic rings. The first-order chi connectivity index (χ1) is 9.47. The molecule has 3 N–H and O–H groups in total. The standard InChI is InChI=1S/C15H20N4S/c1-10(2)19(9-13-5-4-6-20-13)14-8-12(15(16)17)7-11(3)18-14/h4-8,10H,9H2,1-3H3,(H3,16,17). The number of hydrogen-bond donors (Lipinski definition) is 2. The number of aromatic nitrogens is 1. The van der Waals surface area contributed by atoms with Gasteiger partial charge in [-0.1, -0.05) is 6.07 Å². The van der Waals surface area contributed by atoms with Gasteiger partial charge in [-0.15, -0.1) is 11.3 Å². The molecule has 0 atom stereocenters. The van der Waals surface area contributed by atoms with E-state index in [2.05, 4.69) is 41.2 Å². The number of nitrogens with two attached hydrogens (primary N) is 1. The molecule has 0 amide bonds. The number of amidine groups is 1. The van der Waals surface area contributed by atoms with E-state index in [4.69, 9.17) is 11.1 Å². The number of rotatable bonds is 5. The Labute approximate surface area is 123 Å². The number of nitrogen functional groups attached to an aromatic ring is 1. The molecule has 0 bridgehead atoms. The van der Waals surface area contributed by atoms with Crippen LogP contribution >= 0.6 is 11.3 Å². The lowest BCUT2D eigenvalue weighted by Gasteiger charge is -2.28. The fourth-order valence-corrected chi connectivity index (χ4v) is 2.75. The van der Waals surface area contributed by atoms with E-state index in [1.807, 2.05) is 19.1 Å². The number of pyridine rings is 1. The minimum Gasteiger partial charge on any atom is -0.384 e. The Morgan fingerprint density at radius 2 is 2.20 bits per heavy atom. The molecule has 4 nitrogen and oxygen atoms in total. The molecule has 2 aromatic heterocycles. The third-order valence-electron chi connectivity index (χ3n) is 3.07. The molecule has 106 valence electrons. The molecule has 0 aromatic carbocycles. The molecule has 0 spiro atoms. The Morgan fingerprint density at radius 1 is 1.45 bits per heavy atom. The fraction of sp³-hybridized carbons (Fsp3) is 0.333. The Kier molecular flexibility index (Phi) is 4.39. The third kappa shape index (κ3) is 3.36. The molecule has 2 rings (SSSR count). The maximum Gasteiger partial charge on any atom is 0.130 e. The summed E-state index contributed by atoms with van der Waals surface area (Å²) in [5, 5.41) is 9.69. The Morgan fingerprint density at radius 3 is 2.75 bits per heavy atom. The van der Waals surface area contributed by atoms with Gasteiger partial charge < -0.3 is 10.6 Å². The number of thiophene rings is 1. The Balaban J connectivity index is 2.36. The molecule has 2 heterocycles. The average Bonchev–Trinajstić information content (AvgIpc) is 2.87. The van der Waals surface area contributed by atoms with Gasteiger partial charge in [0, 0.05) is 22.2 Å². The highest BCUT2D eigenvalue weighted by atomic mass is 32.1. The molecule has 0 radical (unpaired) electrons. The van der Waals surface area contributed by atoms with E-state index in [-0.39, 0.29) is 5.84 Å². The number of nitrogens with zero attached hydrogens (tertiary/aromatic N) is 2. The largest absolute Gasteiger partial charge is 0.384 e. The zero-order valence-electron chi connectivity index (χ0n) is 12.1. The number of aryl methyl sites for hydroxylation is 1. The highest BCUT2D eigenvalue weighted by Crippen LogP contribution is 2.22. The maximum atomic E-state index is 7.61. The van der Waals surface area contributed by atoms with Crippen LogP contribution in [0.25, 0.3) is 0 Å². The van der Waals surface area contributed by atoms with Crippen molar-refractivity contribution in [3.05, 3.63) is 45.8 Å². The summed E-state index contributed by atoms with van der Waals surface area (Å²) in [4.78, 5) is 8.12. The van der Waals surface area contributed by atoms with Crippen molar-refractivity contribution in [2.24, 2.45) is 5.73 Å². The average molecular weight is 288 g/mol. The van der Waals surface area contributed by atoms with E-state index in [0.29, 0.717) is 6.04 Å². The quantitative estimate of drug-likeness (QED) is 0.656. The zero-order chi connectivity index (χ0) is 14.7. The summed E-state index contributed by atoms with van der Waals surface area (Å²) in [6.45, 7) is 7.04. The smallest absolute Gasteiger partial charge is 0.130 e. The molecule has 0 aliphatic heterocycles. The van der Waals surface area contributed by atoms with Gasteiger partial charge in [0.25, 0.3) is 0 Å². The van der Waals surface area contributed by atoms with Crippen molar-refractivity contribution in [1.29, 1.82) is 5.41 Å². The predicted molar refractivity (Wildman–Crippen MR) is 85.6 cm³/mol. The lowest BCUT2D eigenvalue weighted by Crippen LogP contribution is -2.31. The molecule has 0 unspecified atom stereocenters. The summed E-state index contributed by atoms with van der Waals surface area (Å²) < 4.78 is 0. The second-order valence-corrected chi connectivity index (χ2v) is 6.10. The topological polar surface area (TPSA) is 66.0 Å². The van der Waals surface area contributed by atoms with Gasteiger partial charge in [-0.2, -0.15) is 0 Å². The lowest BCUT2D eigenvalue weighted by atomic mass is 10.2. The predicted octanol–water partition coefficient (Wildman–Crippen LogP) is 3.15. The van der Waals surface area contributed by atoms with Crippen LogP contribution in [0.1, 0.15) is 30.0 Å². The first kappa shape index (κ1) is 14.5. The first-order valence-electron chi connectivity index (χ1n) is 6.59. The van der Waals surface area contributed by atoms with Gasteiger partial charge in [0.05, 0.1) is 6.54 Å². The van der Waals surface area contributed by atoms with Gasteiger partial charge in [-0.05, 0) is 44.4 Å². The first-order valence-corrected chi connectivity index (χ1v) is 7.47. The van der Waals surface area contributed by atoms with E-state index in [1.54, 1.807) is 11.3 Å². The Bertz CT molecular complexity index is 590. The van der Waals surface area contributed by atoms with E-state index >= 15 is 0 Å². The minimum atomic E-state index is 0.0802. The Hall–Kier alpha value is -1.88. The van der Waals surface area contributed by atoms with Crippen LogP contribution < -0.4 is 10.6 Å². The SMILES string of the molecule is Cc1cc(C(=N)N)cc(N(Cc2cccs2)C(C)C)n1. The zero-order valence-corrected chi connectivity index (χ0v) is 12.9. The van der Waals surface area contributed by atoms with Gasteiger partial charge in [0.2, 0.25) is 0 Å². The van der Waals surface area contributed by atoms with Gasteiger partial charge in [0.1, 0.15) is 11.7 Å². The molecule has 2 aromatic rings. The van der Waals surface area contributed by atoms with Crippen LogP contribution in [0.15, 0.2) is 29.6 Å².